The van der Waals surface area contributed by atoms with Gasteiger partial charge in [0.2, 0.25) is 5.91 Å². The lowest BCUT2D eigenvalue weighted by Gasteiger charge is -2.32. The van der Waals surface area contributed by atoms with Crippen LogP contribution in [0.1, 0.15) is 19.3 Å². The minimum absolute atomic E-state index is 0.0416. The van der Waals surface area contributed by atoms with Crippen molar-refractivity contribution in [2.24, 2.45) is 5.92 Å². The van der Waals surface area contributed by atoms with E-state index in [9.17, 15) is 4.79 Å². The number of aliphatic hydroxyl groups is 1. The number of aromatic nitrogens is 4. The second-order valence-electron chi connectivity index (χ2n) is 4.37. The predicted molar refractivity (Wildman–Crippen MR) is 58.8 cm³/mol. The first-order chi connectivity index (χ1) is 8.29. The lowest BCUT2D eigenvalue weighted by atomic mass is 9.95. The van der Waals surface area contributed by atoms with Crippen molar-refractivity contribution in [1.82, 2.24) is 25.1 Å². The topological polar surface area (TPSA) is 84.1 Å². The zero-order valence-corrected chi connectivity index (χ0v) is 9.70. The minimum Gasteiger partial charge on any atom is -0.396 e. The molecule has 1 amide bonds. The molecule has 0 bridgehead atoms. The van der Waals surface area contributed by atoms with Crippen LogP contribution in [-0.2, 0) is 11.3 Å². The fourth-order valence-corrected chi connectivity index (χ4v) is 2.20. The molecule has 0 radical (unpaired) electrons. The van der Waals surface area contributed by atoms with Crippen LogP contribution in [0.2, 0.25) is 0 Å². The van der Waals surface area contributed by atoms with Crippen LogP contribution in [0.25, 0.3) is 0 Å². The Morgan fingerprint density at radius 2 is 2.41 bits per heavy atom. The molecule has 1 saturated heterocycles. The van der Waals surface area contributed by atoms with Crippen LogP contribution in [0.15, 0.2) is 6.33 Å². The molecule has 0 spiro atoms. The van der Waals surface area contributed by atoms with Crippen molar-refractivity contribution in [2.75, 3.05) is 19.7 Å². The van der Waals surface area contributed by atoms with Crippen LogP contribution in [-0.4, -0.2) is 55.8 Å². The fraction of sp³-hybridized carbons (Fsp3) is 0.800. The molecule has 1 aliphatic rings. The summed E-state index contributed by atoms with van der Waals surface area (Å²) in [6.45, 7) is 1.92. The van der Waals surface area contributed by atoms with Crippen molar-refractivity contribution < 1.29 is 9.90 Å². The Morgan fingerprint density at radius 1 is 1.53 bits per heavy atom. The van der Waals surface area contributed by atoms with Crippen molar-refractivity contribution >= 4 is 5.91 Å². The third-order valence-corrected chi connectivity index (χ3v) is 3.10. The molecule has 1 aromatic heterocycles. The van der Waals surface area contributed by atoms with E-state index in [0.29, 0.717) is 5.92 Å². The molecule has 1 aliphatic heterocycles. The van der Waals surface area contributed by atoms with Crippen LogP contribution in [0, 0.1) is 5.92 Å². The summed E-state index contributed by atoms with van der Waals surface area (Å²) in [7, 11) is 0. The lowest BCUT2D eigenvalue weighted by molar-refractivity contribution is -0.134. The highest BCUT2D eigenvalue weighted by atomic mass is 16.3. The van der Waals surface area contributed by atoms with Crippen molar-refractivity contribution in [2.45, 2.75) is 25.8 Å². The van der Waals surface area contributed by atoms with E-state index in [4.69, 9.17) is 5.11 Å². The SMILES string of the molecule is O=C(Cn1cnnn1)N1CCCC(CCO)C1. The van der Waals surface area contributed by atoms with Crippen LogP contribution < -0.4 is 0 Å². The highest BCUT2D eigenvalue weighted by Crippen LogP contribution is 2.19. The van der Waals surface area contributed by atoms with Gasteiger partial charge in [-0.15, -0.1) is 5.10 Å². The van der Waals surface area contributed by atoms with Crippen LogP contribution in [0.3, 0.4) is 0 Å². The van der Waals surface area contributed by atoms with Gasteiger partial charge in [-0.3, -0.25) is 4.79 Å². The first-order valence-electron chi connectivity index (χ1n) is 5.89. The molecule has 0 saturated carbocycles. The number of amides is 1. The van der Waals surface area contributed by atoms with E-state index >= 15 is 0 Å². The molecule has 1 N–H and O–H groups in total. The monoisotopic (exact) mass is 239 g/mol. The summed E-state index contributed by atoms with van der Waals surface area (Å²) in [5, 5.41) is 19.6. The summed E-state index contributed by atoms with van der Waals surface area (Å²) in [6.07, 6.45) is 4.31. The lowest BCUT2D eigenvalue weighted by Crippen LogP contribution is -2.41. The van der Waals surface area contributed by atoms with Crippen molar-refractivity contribution in [3.8, 4) is 0 Å². The molecule has 94 valence electrons. The summed E-state index contributed by atoms with van der Waals surface area (Å²) >= 11 is 0. The van der Waals surface area contributed by atoms with Gasteiger partial charge in [0.1, 0.15) is 12.9 Å². The van der Waals surface area contributed by atoms with E-state index in [1.165, 1.54) is 11.0 Å². The Hall–Kier alpha value is -1.50. The molecular formula is C10H17N5O2. The average molecular weight is 239 g/mol. The summed E-state index contributed by atoms with van der Waals surface area (Å²) in [5.74, 6) is 0.464. The molecule has 0 aliphatic carbocycles. The Kier molecular flexibility index (Phi) is 4.03. The van der Waals surface area contributed by atoms with E-state index < -0.39 is 0 Å². The van der Waals surface area contributed by atoms with Crippen molar-refractivity contribution in [3.05, 3.63) is 6.33 Å². The number of rotatable bonds is 4. The second-order valence-corrected chi connectivity index (χ2v) is 4.37. The second kappa shape index (κ2) is 5.72. The van der Waals surface area contributed by atoms with Crippen molar-refractivity contribution in [3.63, 3.8) is 0 Å². The Labute approximate surface area is 99.4 Å². The number of carbonyl (C=O) groups excluding carboxylic acids is 1. The molecule has 1 fully saturated rings. The van der Waals surface area contributed by atoms with Crippen LogP contribution >= 0.6 is 0 Å². The van der Waals surface area contributed by atoms with Gasteiger partial charge in [0, 0.05) is 19.7 Å². The van der Waals surface area contributed by atoms with Crippen molar-refractivity contribution in [1.29, 1.82) is 0 Å². The average Bonchev–Trinajstić information content (AvgIpc) is 2.83. The number of aliphatic hydroxyl groups excluding tert-OH is 1. The van der Waals surface area contributed by atoms with Gasteiger partial charge in [-0.05, 0) is 35.6 Å². The summed E-state index contributed by atoms with van der Waals surface area (Å²) in [4.78, 5) is 13.8. The van der Waals surface area contributed by atoms with Gasteiger partial charge in [-0.2, -0.15) is 0 Å². The van der Waals surface area contributed by atoms with E-state index in [2.05, 4.69) is 15.5 Å². The van der Waals surface area contributed by atoms with E-state index in [-0.39, 0.29) is 19.1 Å². The molecule has 7 heteroatoms. The van der Waals surface area contributed by atoms with E-state index in [1.807, 2.05) is 4.90 Å². The number of hydrogen-bond donors (Lipinski definition) is 1. The van der Waals surface area contributed by atoms with Crippen LogP contribution in [0.5, 0.6) is 0 Å². The molecule has 1 atom stereocenters. The maximum Gasteiger partial charge on any atom is 0.244 e. The van der Waals surface area contributed by atoms with E-state index in [0.717, 1.165) is 32.4 Å². The largest absolute Gasteiger partial charge is 0.396 e. The molecule has 0 aromatic carbocycles. The van der Waals surface area contributed by atoms with Gasteiger partial charge in [-0.1, -0.05) is 0 Å². The van der Waals surface area contributed by atoms with E-state index in [1.54, 1.807) is 0 Å². The first kappa shape index (κ1) is 12.0. The number of hydrogen-bond acceptors (Lipinski definition) is 5. The number of nitrogens with zero attached hydrogens (tertiary/aromatic N) is 5. The maximum absolute atomic E-state index is 12.0. The van der Waals surface area contributed by atoms with Gasteiger partial charge in [0.15, 0.2) is 0 Å². The standard InChI is InChI=1S/C10H17N5O2/c16-5-3-9-2-1-4-14(6-9)10(17)7-15-8-11-12-13-15/h8-9,16H,1-7H2. The first-order valence-corrected chi connectivity index (χ1v) is 5.89. The fourth-order valence-electron chi connectivity index (χ4n) is 2.20. The third-order valence-electron chi connectivity index (χ3n) is 3.10. The third kappa shape index (κ3) is 3.23. The number of carbonyl (C=O) groups is 1. The Bertz CT molecular complexity index is 352. The normalized spacial score (nSPS) is 20.5. The predicted octanol–water partition coefficient (Wildman–Crippen LogP) is -0.706. The van der Waals surface area contributed by atoms with Gasteiger partial charge in [0.05, 0.1) is 0 Å². The molecule has 1 unspecified atom stereocenters. The van der Waals surface area contributed by atoms with Gasteiger partial charge in [-0.25, -0.2) is 4.68 Å². The molecule has 17 heavy (non-hydrogen) atoms. The summed E-state index contributed by atoms with van der Waals surface area (Å²) in [6, 6.07) is 0. The number of tetrazole rings is 1. The molecule has 1 aromatic rings. The highest BCUT2D eigenvalue weighted by Gasteiger charge is 2.23. The summed E-state index contributed by atoms with van der Waals surface area (Å²) < 4.78 is 1.43. The van der Waals surface area contributed by atoms with Gasteiger partial charge in [0.25, 0.3) is 0 Å². The number of likely N-dealkylation sites (tertiary alicyclic amines) is 1. The van der Waals surface area contributed by atoms with Gasteiger partial charge >= 0.3 is 0 Å². The Morgan fingerprint density at radius 3 is 3.12 bits per heavy atom. The zero-order valence-electron chi connectivity index (χ0n) is 9.70. The Balaban J connectivity index is 1.86. The molecule has 2 heterocycles. The quantitative estimate of drug-likeness (QED) is 0.750. The molecule has 7 nitrogen and oxygen atoms in total. The minimum atomic E-state index is 0.0416. The molecular weight excluding hydrogens is 222 g/mol. The maximum atomic E-state index is 12.0. The van der Waals surface area contributed by atoms with Gasteiger partial charge < -0.3 is 10.0 Å². The smallest absolute Gasteiger partial charge is 0.244 e. The number of piperidine rings is 1. The summed E-state index contributed by atoms with van der Waals surface area (Å²) in [5.41, 5.74) is 0. The van der Waals surface area contributed by atoms with Crippen LogP contribution in [0.4, 0.5) is 0 Å². The highest BCUT2D eigenvalue weighted by molar-refractivity contribution is 5.75. The molecule has 2 rings (SSSR count). The zero-order chi connectivity index (χ0) is 12.1.